The van der Waals surface area contributed by atoms with Gasteiger partial charge in [0.15, 0.2) is 0 Å². The molecule has 1 fully saturated rings. The van der Waals surface area contributed by atoms with Crippen molar-refractivity contribution in [3.63, 3.8) is 0 Å². The van der Waals surface area contributed by atoms with E-state index in [1.807, 2.05) is 12.9 Å². The quantitative estimate of drug-likeness (QED) is 0.528. The van der Waals surface area contributed by atoms with Gasteiger partial charge in [0.2, 0.25) is 0 Å². The Morgan fingerprint density at radius 1 is 1.27 bits per heavy atom. The highest BCUT2D eigenvalue weighted by molar-refractivity contribution is 5.52. The van der Waals surface area contributed by atoms with Gasteiger partial charge in [0, 0.05) is 5.57 Å². The van der Waals surface area contributed by atoms with Gasteiger partial charge in [-0.2, -0.15) is 0 Å². The molecule has 0 saturated heterocycles. The smallest absolute Gasteiger partial charge is 0.123 e. The van der Waals surface area contributed by atoms with Gasteiger partial charge in [-0.25, -0.2) is 4.79 Å². The lowest BCUT2D eigenvalue weighted by Gasteiger charge is -2.25. The van der Waals surface area contributed by atoms with Gasteiger partial charge in [-0.3, -0.25) is 0 Å². The second-order valence-corrected chi connectivity index (χ2v) is 3.74. The summed E-state index contributed by atoms with van der Waals surface area (Å²) in [7, 11) is 0. The monoisotopic (exact) mass is 152 g/mol. The van der Waals surface area contributed by atoms with Crippen LogP contribution in [0.15, 0.2) is 5.57 Å². The molecule has 0 radical (unpaired) electrons. The van der Waals surface area contributed by atoms with Crippen LogP contribution in [-0.4, -0.2) is 5.94 Å². The Bertz CT molecular complexity index is 169. The highest BCUT2D eigenvalue weighted by Gasteiger charge is 2.19. The molecule has 1 nitrogen and oxygen atoms in total. The molecule has 1 saturated carbocycles. The first kappa shape index (κ1) is 8.55. The predicted molar refractivity (Wildman–Crippen MR) is 46.0 cm³/mol. The highest BCUT2D eigenvalue weighted by atomic mass is 16.1. The third-order valence-corrected chi connectivity index (χ3v) is 2.79. The van der Waals surface area contributed by atoms with E-state index >= 15 is 0 Å². The standard InChI is InChI=1S/C10H16O/c1-8-3-5-10(6-4-8)9(2)7-11/h8,10H,3-6H2,1-2H3. The van der Waals surface area contributed by atoms with Crippen molar-refractivity contribution in [1.82, 2.24) is 0 Å². The van der Waals surface area contributed by atoms with Crippen LogP contribution in [-0.2, 0) is 4.79 Å². The Morgan fingerprint density at radius 3 is 2.27 bits per heavy atom. The van der Waals surface area contributed by atoms with E-state index in [1.165, 1.54) is 25.7 Å². The van der Waals surface area contributed by atoms with Crippen molar-refractivity contribution in [3.05, 3.63) is 5.57 Å². The maximum atomic E-state index is 10.3. The van der Waals surface area contributed by atoms with Crippen LogP contribution in [0.25, 0.3) is 0 Å². The Kier molecular flexibility index (Phi) is 2.90. The van der Waals surface area contributed by atoms with E-state index in [2.05, 4.69) is 6.92 Å². The zero-order valence-electron chi connectivity index (χ0n) is 7.39. The van der Waals surface area contributed by atoms with Crippen LogP contribution in [0.4, 0.5) is 0 Å². The lowest BCUT2D eigenvalue weighted by molar-refractivity contribution is 0.321. The molecule has 0 amide bonds. The molecule has 62 valence electrons. The molecule has 1 aliphatic rings. The normalized spacial score (nSPS) is 31.1. The summed E-state index contributed by atoms with van der Waals surface area (Å²) in [5, 5.41) is 0. The SMILES string of the molecule is CC(=C=O)C1CCC(C)CC1. The van der Waals surface area contributed by atoms with Crippen LogP contribution < -0.4 is 0 Å². The second-order valence-electron chi connectivity index (χ2n) is 3.74. The summed E-state index contributed by atoms with van der Waals surface area (Å²) in [6, 6.07) is 0. The molecule has 1 aliphatic carbocycles. The zero-order valence-corrected chi connectivity index (χ0v) is 7.39. The van der Waals surface area contributed by atoms with E-state index in [0.717, 1.165) is 11.5 Å². The van der Waals surface area contributed by atoms with Crippen molar-refractivity contribution in [2.45, 2.75) is 39.5 Å². The van der Waals surface area contributed by atoms with Gasteiger partial charge < -0.3 is 0 Å². The number of rotatable bonds is 1. The molecule has 0 unspecified atom stereocenters. The molecule has 0 spiro atoms. The summed E-state index contributed by atoms with van der Waals surface area (Å²) < 4.78 is 0. The molecular formula is C10H16O. The van der Waals surface area contributed by atoms with Gasteiger partial charge in [0.1, 0.15) is 5.94 Å². The van der Waals surface area contributed by atoms with E-state index in [0.29, 0.717) is 5.92 Å². The van der Waals surface area contributed by atoms with Crippen molar-refractivity contribution in [1.29, 1.82) is 0 Å². The summed E-state index contributed by atoms with van der Waals surface area (Å²) in [5.41, 5.74) is 0.928. The van der Waals surface area contributed by atoms with Crippen LogP contribution in [0.5, 0.6) is 0 Å². The van der Waals surface area contributed by atoms with Crippen molar-refractivity contribution < 1.29 is 4.79 Å². The van der Waals surface area contributed by atoms with E-state index in [1.54, 1.807) is 0 Å². The summed E-state index contributed by atoms with van der Waals surface area (Å²) in [6.45, 7) is 4.20. The van der Waals surface area contributed by atoms with E-state index < -0.39 is 0 Å². The first-order chi connectivity index (χ1) is 5.24. The van der Waals surface area contributed by atoms with Gasteiger partial charge in [-0.05, 0) is 31.6 Å². The lowest BCUT2D eigenvalue weighted by atomic mass is 9.80. The minimum atomic E-state index is 0.545. The lowest BCUT2D eigenvalue weighted by Crippen LogP contribution is -2.13. The van der Waals surface area contributed by atoms with Gasteiger partial charge in [0.05, 0.1) is 0 Å². The van der Waals surface area contributed by atoms with Crippen molar-refractivity contribution in [3.8, 4) is 0 Å². The number of carbonyl (C=O) groups excluding carboxylic acids is 1. The fourth-order valence-corrected chi connectivity index (χ4v) is 1.78. The predicted octanol–water partition coefficient (Wildman–Crippen LogP) is 2.59. The molecule has 0 aromatic heterocycles. The summed E-state index contributed by atoms with van der Waals surface area (Å²) in [6.07, 6.45) is 4.96. The average molecular weight is 152 g/mol. The molecule has 0 aromatic rings. The Balaban J connectivity index is 2.45. The fourth-order valence-electron chi connectivity index (χ4n) is 1.78. The number of allylic oxidation sites excluding steroid dienone is 1. The van der Waals surface area contributed by atoms with Gasteiger partial charge in [0.25, 0.3) is 0 Å². The average Bonchev–Trinajstić information content (AvgIpc) is 2.05. The molecule has 0 N–H and O–H groups in total. The van der Waals surface area contributed by atoms with Crippen LogP contribution in [0.2, 0.25) is 0 Å². The van der Waals surface area contributed by atoms with Gasteiger partial charge in [-0.15, -0.1) is 0 Å². The Morgan fingerprint density at radius 2 is 1.82 bits per heavy atom. The first-order valence-corrected chi connectivity index (χ1v) is 4.45. The van der Waals surface area contributed by atoms with Crippen LogP contribution in [0, 0.1) is 11.8 Å². The summed E-state index contributed by atoms with van der Waals surface area (Å²) >= 11 is 0. The van der Waals surface area contributed by atoms with Crippen LogP contribution in [0.3, 0.4) is 0 Å². The zero-order chi connectivity index (χ0) is 8.27. The highest BCUT2D eigenvalue weighted by Crippen LogP contribution is 2.31. The second kappa shape index (κ2) is 3.73. The van der Waals surface area contributed by atoms with Crippen LogP contribution >= 0.6 is 0 Å². The molecule has 1 heteroatoms. The van der Waals surface area contributed by atoms with Crippen molar-refractivity contribution in [2.24, 2.45) is 11.8 Å². The van der Waals surface area contributed by atoms with E-state index in [4.69, 9.17) is 0 Å². The van der Waals surface area contributed by atoms with Crippen molar-refractivity contribution >= 4 is 5.94 Å². The Labute approximate surface area is 68.5 Å². The molecular weight excluding hydrogens is 136 g/mol. The largest absolute Gasteiger partial charge is 0.234 e. The molecule has 0 atom stereocenters. The van der Waals surface area contributed by atoms with Crippen molar-refractivity contribution in [2.75, 3.05) is 0 Å². The molecule has 1 rings (SSSR count). The topological polar surface area (TPSA) is 17.1 Å². The minimum absolute atomic E-state index is 0.545. The molecule has 11 heavy (non-hydrogen) atoms. The summed E-state index contributed by atoms with van der Waals surface area (Å²) in [5.74, 6) is 3.43. The van der Waals surface area contributed by atoms with Gasteiger partial charge >= 0.3 is 0 Å². The van der Waals surface area contributed by atoms with Gasteiger partial charge in [-0.1, -0.05) is 19.8 Å². The first-order valence-electron chi connectivity index (χ1n) is 4.45. The molecule has 0 aliphatic heterocycles. The third-order valence-electron chi connectivity index (χ3n) is 2.79. The maximum Gasteiger partial charge on any atom is 0.123 e. The third kappa shape index (κ3) is 2.20. The molecule has 0 bridgehead atoms. The summed E-state index contributed by atoms with van der Waals surface area (Å²) in [4.78, 5) is 10.3. The maximum absolute atomic E-state index is 10.3. The fraction of sp³-hybridized carbons (Fsp3) is 0.800. The minimum Gasteiger partial charge on any atom is -0.234 e. The Hall–Kier alpha value is -0.550. The number of hydrogen-bond acceptors (Lipinski definition) is 1. The van der Waals surface area contributed by atoms with Crippen LogP contribution in [0.1, 0.15) is 39.5 Å². The van der Waals surface area contributed by atoms with E-state index in [-0.39, 0.29) is 0 Å². The number of hydrogen-bond donors (Lipinski definition) is 0. The molecule has 0 heterocycles. The van der Waals surface area contributed by atoms with E-state index in [9.17, 15) is 4.79 Å². The molecule has 0 aromatic carbocycles.